The van der Waals surface area contributed by atoms with Crippen molar-refractivity contribution in [1.29, 1.82) is 0 Å². The van der Waals surface area contributed by atoms with Crippen molar-refractivity contribution in [2.24, 2.45) is 4.99 Å². The molecule has 176 valence electrons. The Balaban J connectivity index is 1.51. The van der Waals surface area contributed by atoms with Crippen LogP contribution in [0.4, 0.5) is 15.3 Å². The first-order chi connectivity index (χ1) is 17.1. The Morgan fingerprint density at radius 1 is 0.714 bits per heavy atom. The van der Waals surface area contributed by atoms with Gasteiger partial charge in [0.05, 0.1) is 5.69 Å². The summed E-state index contributed by atoms with van der Waals surface area (Å²) >= 11 is 0. The number of benzene rings is 4. The van der Waals surface area contributed by atoms with Crippen LogP contribution in [-0.4, -0.2) is 23.3 Å². The number of phenols is 1. The van der Waals surface area contributed by atoms with Gasteiger partial charge in [0, 0.05) is 5.39 Å². The number of nitrogens with zero attached hydrogens (tertiary/aromatic N) is 1. The Bertz CT molecular complexity index is 1280. The van der Waals surface area contributed by atoms with Crippen LogP contribution < -0.4 is 10.6 Å². The van der Waals surface area contributed by atoms with Crippen molar-refractivity contribution in [3.05, 3.63) is 108 Å². The molecule has 0 aliphatic carbocycles. The maximum Gasteiger partial charge on any atom is 0.414 e. The number of carbonyl (C=O) groups is 2. The molecule has 8 heteroatoms. The zero-order chi connectivity index (χ0) is 24.5. The van der Waals surface area contributed by atoms with Crippen LogP contribution in [-0.2, 0) is 22.7 Å². The van der Waals surface area contributed by atoms with Gasteiger partial charge in [0.2, 0.25) is 5.96 Å². The van der Waals surface area contributed by atoms with Gasteiger partial charge in [0.25, 0.3) is 0 Å². The van der Waals surface area contributed by atoms with Crippen LogP contribution in [0.15, 0.2) is 102 Å². The van der Waals surface area contributed by atoms with Crippen LogP contribution in [0, 0.1) is 0 Å². The first-order valence-corrected chi connectivity index (χ1v) is 10.8. The van der Waals surface area contributed by atoms with Crippen molar-refractivity contribution in [2.75, 3.05) is 0 Å². The number of guanidine groups is 1. The summed E-state index contributed by atoms with van der Waals surface area (Å²) in [4.78, 5) is 29.3. The molecule has 2 amide bonds. The number of aliphatic imine (C=N–C) groups is 1. The lowest BCUT2D eigenvalue weighted by Gasteiger charge is -2.12. The molecule has 8 nitrogen and oxygen atoms in total. The van der Waals surface area contributed by atoms with Crippen molar-refractivity contribution in [3.8, 4) is 5.75 Å². The number of aromatic hydroxyl groups is 1. The molecule has 0 spiro atoms. The highest BCUT2D eigenvalue weighted by molar-refractivity contribution is 6.04. The van der Waals surface area contributed by atoms with E-state index in [0.717, 1.165) is 16.5 Å². The topological polar surface area (TPSA) is 109 Å². The molecule has 4 rings (SSSR count). The highest BCUT2D eigenvalue weighted by atomic mass is 16.6. The maximum atomic E-state index is 12.4. The van der Waals surface area contributed by atoms with Gasteiger partial charge in [-0.25, -0.2) is 14.6 Å². The fourth-order valence-electron chi connectivity index (χ4n) is 3.27. The summed E-state index contributed by atoms with van der Waals surface area (Å²) in [5.41, 5.74) is 2.08. The Morgan fingerprint density at radius 2 is 1.29 bits per heavy atom. The van der Waals surface area contributed by atoms with Gasteiger partial charge in [-0.05, 0) is 40.8 Å². The van der Waals surface area contributed by atoms with Gasteiger partial charge in [0.15, 0.2) is 0 Å². The van der Waals surface area contributed by atoms with Crippen LogP contribution in [0.5, 0.6) is 5.75 Å². The minimum atomic E-state index is -0.797. The van der Waals surface area contributed by atoms with Crippen LogP contribution >= 0.6 is 0 Å². The first kappa shape index (κ1) is 23.3. The van der Waals surface area contributed by atoms with E-state index in [-0.39, 0.29) is 24.9 Å². The third kappa shape index (κ3) is 6.82. The average molecular weight is 469 g/mol. The van der Waals surface area contributed by atoms with Crippen LogP contribution in [0.25, 0.3) is 10.8 Å². The van der Waals surface area contributed by atoms with Gasteiger partial charge in [-0.2, -0.15) is 0 Å². The zero-order valence-corrected chi connectivity index (χ0v) is 18.7. The lowest BCUT2D eigenvalue weighted by Crippen LogP contribution is -2.44. The van der Waals surface area contributed by atoms with Gasteiger partial charge < -0.3 is 14.6 Å². The van der Waals surface area contributed by atoms with Crippen molar-refractivity contribution in [2.45, 2.75) is 13.2 Å². The number of hydrogen-bond acceptors (Lipinski definition) is 6. The Morgan fingerprint density at radius 3 is 1.86 bits per heavy atom. The van der Waals surface area contributed by atoms with E-state index in [4.69, 9.17) is 9.47 Å². The molecule has 0 radical (unpaired) electrons. The Kier molecular flexibility index (Phi) is 7.55. The molecule has 4 aromatic carbocycles. The number of carbonyl (C=O) groups excluding carboxylic acids is 2. The van der Waals surface area contributed by atoms with E-state index < -0.39 is 12.2 Å². The number of alkyl carbamates (subject to hydrolysis) is 2. The lowest BCUT2D eigenvalue weighted by molar-refractivity contribution is 0.141. The van der Waals surface area contributed by atoms with Gasteiger partial charge >= 0.3 is 12.2 Å². The van der Waals surface area contributed by atoms with Crippen LogP contribution in [0.2, 0.25) is 0 Å². The second-order valence-corrected chi connectivity index (χ2v) is 7.52. The van der Waals surface area contributed by atoms with Gasteiger partial charge in [-0.3, -0.25) is 10.6 Å². The van der Waals surface area contributed by atoms with Gasteiger partial charge in [0.1, 0.15) is 19.0 Å². The Hall–Kier alpha value is -4.85. The molecular formula is C27H23N3O5. The van der Waals surface area contributed by atoms with Crippen molar-refractivity contribution >= 4 is 34.6 Å². The first-order valence-electron chi connectivity index (χ1n) is 10.8. The van der Waals surface area contributed by atoms with Crippen LogP contribution in [0.3, 0.4) is 0 Å². The number of phenolic OH excluding ortho intramolecular Hbond substituents is 1. The lowest BCUT2D eigenvalue weighted by atomic mass is 10.1. The predicted octanol–water partition coefficient (Wildman–Crippen LogP) is 5.39. The summed E-state index contributed by atoms with van der Waals surface area (Å²) in [7, 11) is 0. The molecular weight excluding hydrogens is 446 g/mol. The molecule has 3 N–H and O–H groups in total. The molecule has 0 unspecified atom stereocenters. The van der Waals surface area contributed by atoms with Gasteiger partial charge in [-0.1, -0.05) is 72.8 Å². The largest absolute Gasteiger partial charge is 0.508 e. The van der Waals surface area contributed by atoms with Crippen molar-refractivity contribution in [1.82, 2.24) is 10.6 Å². The minimum Gasteiger partial charge on any atom is -0.508 e. The summed E-state index contributed by atoms with van der Waals surface area (Å²) in [5.74, 6) is -0.0502. The molecule has 0 fully saturated rings. The van der Waals surface area contributed by atoms with E-state index in [0.29, 0.717) is 11.1 Å². The predicted molar refractivity (Wildman–Crippen MR) is 132 cm³/mol. The second kappa shape index (κ2) is 11.3. The van der Waals surface area contributed by atoms with E-state index in [1.807, 2.05) is 66.7 Å². The van der Waals surface area contributed by atoms with E-state index in [1.54, 1.807) is 24.3 Å². The van der Waals surface area contributed by atoms with Crippen LogP contribution in [0.1, 0.15) is 11.1 Å². The number of fused-ring (bicyclic) bond motifs is 1. The molecule has 4 aromatic rings. The van der Waals surface area contributed by atoms with E-state index >= 15 is 0 Å². The highest BCUT2D eigenvalue weighted by Gasteiger charge is 2.14. The number of ether oxygens (including phenoxy) is 2. The van der Waals surface area contributed by atoms with Gasteiger partial charge in [-0.15, -0.1) is 0 Å². The molecule has 0 aliphatic heterocycles. The summed E-state index contributed by atoms with van der Waals surface area (Å²) in [6.45, 7) is 0.0951. The number of amides is 2. The fourth-order valence-corrected chi connectivity index (χ4v) is 3.27. The summed E-state index contributed by atoms with van der Waals surface area (Å²) < 4.78 is 10.5. The van der Waals surface area contributed by atoms with E-state index in [9.17, 15) is 14.7 Å². The summed E-state index contributed by atoms with van der Waals surface area (Å²) in [6.07, 6.45) is -1.59. The summed E-state index contributed by atoms with van der Waals surface area (Å²) in [5, 5.41) is 16.2. The molecule has 0 aliphatic rings. The Labute approximate surface area is 201 Å². The normalized spacial score (nSPS) is 10.3. The monoisotopic (exact) mass is 469 g/mol. The zero-order valence-electron chi connectivity index (χ0n) is 18.7. The number of nitrogens with one attached hydrogen (secondary N) is 2. The third-order valence-electron chi connectivity index (χ3n) is 4.94. The molecule has 0 saturated heterocycles. The van der Waals surface area contributed by atoms with Crippen molar-refractivity contribution < 1.29 is 24.2 Å². The molecule has 0 bridgehead atoms. The molecule has 0 aromatic heterocycles. The number of hydrogen-bond donors (Lipinski definition) is 3. The smallest absolute Gasteiger partial charge is 0.414 e. The second-order valence-electron chi connectivity index (χ2n) is 7.52. The average Bonchev–Trinajstić information content (AvgIpc) is 2.87. The quantitative estimate of drug-likeness (QED) is 0.268. The summed E-state index contributed by atoms with van der Waals surface area (Å²) in [6, 6.07) is 28.5. The molecule has 0 atom stereocenters. The molecule has 35 heavy (non-hydrogen) atoms. The molecule has 0 saturated carbocycles. The SMILES string of the molecule is O=C(NC(=Nc1cccc2cc(O)ccc12)NC(=O)OCc1ccccc1)OCc1ccccc1. The van der Waals surface area contributed by atoms with E-state index in [2.05, 4.69) is 15.6 Å². The fraction of sp³-hybridized carbons (Fsp3) is 0.0741. The molecule has 0 heterocycles. The minimum absolute atomic E-state index is 0.0476. The number of rotatable bonds is 5. The van der Waals surface area contributed by atoms with Crippen molar-refractivity contribution in [3.63, 3.8) is 0 Å². The van der Waals surface area contributed by atoms with E-state index in [1.165, 1.54) is 6.07 Å². The standard InChI is InChI=1S/C27H23N3O5/c31-22-14-15-23-21(16-22)12-7-13-24(23)28-25(29-26(32)34-17-19-8-3-1-4-9-19)30-27(33)35-18-20-10-5-2-6-11-20/h1-16,31H,17-18H2,(H2,28,29,30,32,33). The third-order valence-corrected chi connectivity index (χ3v) is 4.94. The maximum absolute atomic E-state index is 12.4. The highest BCUT2D eigenvalue weighted by Crippen LogP contribution is 2.28.